The number of aliphatic hydroxyl groups excluding tert-OH is 3. The van der Waals surface area contributed by atoms with Gasteiger partial charge in [-0.1, -0.05) is 0 Å². The molecule has 0 radical (unpaired) electrons. The fourth-order valence-corrected chi connectivity index (χ4v) is 3.24. The topological polar surface area (TPSA) is 140 Å². The number of thioether (sulfide) groups is 1. The molecule has 0 bridgehead atoms. The highest BCUT2D eigenvalue weighted by molar-refractivity contribution is 7.99. The van der Waals surface area contributed by atoms with E-state index in [9.17, 15) is 10.2 Å². The Hall–Kier alpha value is -1.46. The molecule has 5 N–H and O–H groups in total. The number of nitrogen functional groups attached to an aromatic ring is 1. The Balaban J connectivity index is 1.80. The Morgan fingerprint density at radius 1 is 1.45 bits per heavy atom. The van der Waals surface area contributed by atoms with E-state index >= 15 is 0 Å². The van der Waals surface area contributed by atoms with Crippen molar-refractivity contribution >= 4 is 28.7 Å². The van der Waals surface area contributed by atoms with E-state index in [0.29, 0.717) is 23.3 Å². The Bertz CT molecular complexity index is 653. The Morgan fingerprint density at radius 3 is 3.05 bits per heavy atom. The first kappa shape index (κ1) is 15.4. The van der Waals surface area contributed by atoms with Crippen molar-refractivity contribution in [2.75, 3.05) is 18.1 Å². The number of ether oxygens (including phenoxy) is 1. The van der Waals surface area contributed by atoms with Crippen LogP contribution in [0.5, 0.6) is 0 Å². The van der Waals surface area contributed by atoms with E-state index in [1.54, 1.807) is 4.57 Å². The Labute approximate surface area is 130 Å². The Kier molecular flexibility index (Phi) is 4.45. The number of rotatable bonds is 5. The molecular weight excluding hydrogens is 310 g/mol. The minimum atomic E-state index is -0.915. The molecular formula is C12H17N5O4S. The van der Waals surface area contributed by atoms with Crippen LogP contribution in [0.2, 0.25) is 0 Å². The van der Waals surface area contributed by atoms with Crippen LogP contribution >= 0.6 is 11.8 Å². The van der Waals surface area contributed by atoms with Crippen molar-refractivity contribution in [3.8, 4) is 0 Å². The SMILES string of the molecule is Nc1ncnc2c1ncn2[C@H]1C[C@H](O)[C@@H](C(O)SCCO)O1. The third-order valence-electron chi connectivity index (χ3n) is 3.49. The van der Waals surface area contributed by atoms with Crippen LogP contribution in [0.1, 0.15) is 12.6 Å². The van der Waals surface area contributed by atoms with Crippen LogP contribution in [-0.2, 0) is 4.74 Å². The van der Waals surface area contributed by atoms with Gasteiger partial charge in [-0.05, 0) is 0 Å². The summed E-state index contributed by atoms with van der Waals surface area (Å²) in [5.41, 5.74) is 5.81. The maximum absolute atomic E-state index is 10.1. The number of nitrogens with two attached hydrogens (primary N) is 1. The van der Waals surface area contributed by atoms with Crippen LogP contribution < -0.4 is 5.73 Å². The van der Waals surface area contributed by atoms with Gasteiger partial charge in [-0.2, -0.15) is 0 Å². The molecule has 120 valence electrons. The molecule has 4 atom stereocenters. The monoisotopic (exact) mass is 327 g/mol. The maximum Gasteiger partial charge on any atom is 0.167 e. The van der Waals surface area contributed by atoms with Crippen molar-refractivity contribution in [2.45, 2.75) is 30.3 Å². The molecule has 10 heteroatoms. The highest BCUT2D eigenvalue weighted by Crippen LogP contribution is 2.34. The van der Waals surface area contributed by atoms with Gasteiger partial charge in [0.2, 0.25) is 0 Å². The molecule has 2 aromatic rings. The minimum Gasteiger partial charge on any atom is -0.396 e. The van der Waals surface area contributed by atoms with Gasteiger partial charge >= 0.3 is 0 Å². The summed E-state index contributed by atoms with van der Waals surface area (Å²) in [6, 6.07) is 0. The van der Waals surface area contributed by atoms with E-state index in [1.165, 1.54) is 12.7 Å². The van der Waals surface area contributed by atoms with Crippen LogP contribution in [0.15, 0.2) is 12.7 Å². The molecule has 0 amide bonds. The van der Waals surface area contributed by atoms with E-state index in [0.717, 1.165) is 11.8 Å². The van der Waals surface area contributed by atoms with E-state index in [2.05, 4.69) is 15.0 Å². The van der Waals surface area contributed by atoms with Crippen molar-refractivity contribution < 1.29 is 20.1 Å². The summed E-state index contributed by atoms with van der Waals surface area (Å²) in [7, 11) is 0. The summed E-state index contributed by atoms with van der Waals surface area (Å²) in [6.07, 6.45) is 1.12. The van der Waals surface area contributed by atoms with Gasteiger partial charge in [-0.3, -0.25) is 4.57 Å². The van der Waals surface area contributed by atoms with E-state index in [4.69, 9.17) is 15.6 Å². The second-order valence-electron chi connectivity index (χ2n) is 4.93. The highest BCUT2D eigenvalue weighted by atomic mass is 32.2. The summed E-state index contributed by atoms with van der Waals surface area (Å²) in [4.78, 5) is 12.2. The molecule has 1 unspecified atom stereocenters. The molecule has 22 heavy (non-hydrogen) atoms. The number of hydrogen-bond acceptors (Lipinski definition) is 9. The molecule has 3 rings (SSSR count). The van der Waals surface area contributed by atoms with Gasteiger partial charge in [0.05, 0.1) is 19.0 Å². The minimum absolute atomic E-state index is 0.0453. The number of fused-ring (bicyclic) bond motifs is 1. The lowest BCUT2D eigenvalue weighted by Crippen LogP contribution is -2.32. The van der Waals surface area contributed by atoms with Gasteiger partial charge in [0.15, 0.2) is 11.5 Å². The lowest BCUT2D eigenvalue weighted by Gasteiger charge is -2.20. The molecule has 9 nitrogen and oxygen atoms in total. The van der Waals surface area contributed by atoms with E-state index in [-0.39, 0.29) is 12.4 Å². The summed E-state index contributed by atoms with van der Waals surface area (Å²) in [5.74, 6) is 0.647. The number of anilines is 1. The first-order valence-corrected chi connectivity index (χ1v) is 7.83. The number of aliphatic hydroxyl groups is 3. The summed E-state index contributed by atoms with van der Waals surface area (Å²) in [5, 5.41) is 28.9. The number of aromatic nitrogens is 4. The second kappa shape index (κ2) is 6.34. The van der Waals surface area contributed by atoms with Gasteiger partial charge < -0.3 is 25.8 Å². The van der Waals surface area contributed by atoms with Gasteiger partial charge in [0.25, 0.3) is 0 Å². The first-order valence-electron chi connectivity index (χ1n) is 6.79. The van der Waals surface area contributed by atoms with Crippen molar-refractivity contribution in [2.24, 2.45) is 0 Å². The van der Waals surface area contributed by atoms with Crippen molar-refractivity contribution in [3.05, 3.63) is 12.7 Å². The second-order valence-corrected chi connectivity index (χ2v) is 6.15. The molecule has 0 saturated carbocycles. The van der Waals surface area contributed by atoms with Crippen LogP contribution in [0, 0.1) is 0 Å². The third-order valence-corrected chi connectivity index (χ3v) is 4.52. The van der Waals surface area contributed by atoms with E-state index in [1.807, 2.05) is 0 Å². The molecule has 1 saturated heterocycles. The molecule has 1 aliphatic heterocycles. The zero-order chi connectivity index (χ0) is 15.7. The summed E-state index contributed by atoms with van der Waals surface area (Å²) < 4.78 is 7.41. The molecule has 0 aliphatic carbocycles. The number of nitrogens with zero attached hydrogens (tertiary/aromatic N) is 4. The number of imidazole rings is 1. The lowest BCUT2D eigenvalue weighted by molar-refractivity contribution is -0.0539. The highest BCUT2D eigenvalue weighted by Gasteiger charge is 2.40. The predicted molar refractivity (Wildman–Crippen MR) is 79.8 cm³/mol. The van der Waals surface area contributed by atoms with Crippen molar-refractivity contribution in [1.29, 1.82) is 0 Å². The average molecular weight is 327 g/mol. The zero-order valence-corrected chi connectivity index (χ0v) is 12.4. The standard InChI is InChI=1S/C12H17N5O4S/c13-10-8-11(15-4-14-10)17(5-16-8)7-3-6(19)9(21-7)12(20)22-2-1-18/h4-7,9,12,18-20H,1-3H2,(H2,13,14,15)/t6-,7+,9-,12?/m0/s1. The Morgan fingerprint density at radius 2 is 2.27 bits per heavy atom. The number of hydrogen-bond donors (Lipinski definition) is 4. The largest absolute Gasteiger partial charge is 0.396 e. The smallest absolute Gasteiger partial charge is 0.167 e. The molecule has 1 aliphatic rings. The molecule has 0 aromatic carbocycles. The summed E-state index contributed by atoms with van der Waals surface area (Å²) in [6.45, 7) is -0.0453. The van der Waals surface area contributed by atoms with Gasteiger partial charge in [0.1, 0.15) is 29.6 Å². The van der Waals surface area contributed by atoms with Crippen molar-refractivity contribution in [1.82, 2.24) is 19.5 Å². The lowest BCUT2D eigenvalue weighted by atomic mass is 10.2. The fourth-order valence-electron chi connectivity index (χ4n) is 2.45. The van der Waals surface area contributed by atoms with Gasteiger partial charge in [-0.15, -0.1) is 11.8 Å². The molecule has 2 aromatic heterocycles. The third kappa shape index (κ3) is 2.75. The normalized spacial score (nSPS) is 26.6. The average Bonchev–Trinajstić information content (AvgIpc) is 3.09. The van der Waals surface area contributed by atoms with Crippen molar-refractivity contribution in [3.63, 3.8) is 0 Å². The van der Waals surface area contributed by atoms with E-state index < -0.39 is 23.9 Å². The fraction of sp³-hybridized carbons (Fsp3) is 0.583. The van der Waals surface area contributed by atoms with Gasteiger partial charge in [0, 0.05) is 12.2 Å². The van der Waals surface area contributed by atoms with Crippen LogP contribution in [-0.4, -0.2) is 64.8 Å². The quantitative estimate of drug-likeness (QED) is 0.514. The molecule has 0 spiro atoms. The summed E-state index contributed by atoms with van der Waals surface area (Å²) >= 11 is 1.13. The predicted octanol–water partition coefficient (Wildman–Crippen LogP) is -0.899. The molecule has 3 heterocycles. The zero-order valence-electron chi connectivity index (χ0n) is 11.6. The maximum atomic E-state index is 10.1. The van der Waals surface area contributed by atoms with Crippen LogP contribution in [0.3, 0.4) is 0 Å². The van der Waals surface area contributed by atoms with Crippen LogP contribution in [0.4, 0.5) is 5.82 Å². The molecule has 1 fully saturated rings. The van der Waals surface area contributed by atoms with Gasteiger partial charge in [-0.25, -0.2) is 15.0 Å². The first-order chi connectivity index (χ1) is 10.6. The van der Waals surface area contributed by atoms with Crippen LogP contribution in [0.25, 0.3) is 11.2 Å².